The second-order valence-electron chi connectivity index (χ2n) is 7.32. The summed E-state index contributed by atoms with van der Waals surface area (Å²) >= 11 is 0. The smallest absolute Gasteiger partial charge is 0.0446 e. The Hall–Kier alpha value is -0.120. The van der Waals surface area contributed by atoms with Crippen LogP contribution in [0.25, 0.3) is 0 Å². The monoisotopic (exact) mass is 282 g/mol. The molecule has 0 aromatic heterocycles. The number of hydrogen-bond acceptors (Lipinski definition) is 3. The van der Waals surface area contributed by atoms with Crippen molar-refractivity contribution in [1.82, 2.24) is 9.80 Å². The third-order valence-corrected chi connectivity index (χ3v) is 4.99. The van der Waals surface area contributed by atoms with Gasteiger partial charge in [0, 0.05) is 45.4 Å². The summed E-state index contributed by atoms with van der Waals surface area (Å²) in [5, 5.41) is 9.33. The summed E-state index contributed by atoms with van der Waals surface area (Å²) in [6, 6.07) is 0.569. The Bertz CT molecular complexity index is 264. The lowest BCUT2D eigenvalue weighted by molar-refractivity contribution is 0.0407. The van der Waals surface area contributed by atoms with E-state index >= 15 is 0 Å². The molecule has 0 aromatic rings. The molecule has 2 aliphatic rings. The number of rotatable bonds is 6. The molecule has 3 heteroatoms. The molecule has 1 aliphatic heterocycles. The van der Waals surface area contributed by atoms with Crippen molar-refractivity contribution in [3.8, 4) is 0 Å². The van der Waals surface area contributed by atoms with E-state index in [2.05, 4.69) is 23.6 Å². The van der Waals surface area contributed by atoms with Gasteiger partial charge >= 0.3 is 0 Å². The third-order valence-electron chi connectivity index (χ3n) is 4.99. The number of aliphatic hydroxyl groups excluding tert-OH is 1. The fourth-order valence-electron chi connectivity index (χ4n) is 3.99. The van der Waals surface area contributed by atoms with Crippen LogP contribution >= 0.6 is 0 Å². The largest absolute Gasteiger partial charge is 0.396 e. The molecule has 3 nitrogen and oxygen atoms in total. The SMILES string of the molecule is CC(C)CN1CCN(CC2CCCCC2)CC1CCO. The summed E-state index contributed by atoms with van der Waals surface area (Å²) in [5.74, 6) is 1.66. The molecule has 1 saturated heterocycles. The van der Waals surface area contributed by atoms with Gasteiger partial charge in [-0.1, -0.05) is 33.1 Å². The Morgan fingerprint density at radius 1 is 1.10 bits per heavy atom. The molecular weight excluding hydrogens is 248 g/mol. The van der Waals surface area contributed by atoms with E-state index in [1.54, 1.807) is 0 Å². The highest BCUT2D eigenvalue weighted by molar-refractivity contribution is 4.84. The molecule has 0 bridgehead atoms. The molecule has 1 unspecified atom stereocenters. The molecule has 2 rings (SSSR count). The van der Waals surface area contributed by atoms with Gasteiger partial charge in [0.15, 0.2) is 0 Å². The second kappa shape index (κ2) is 8.35. The summed E-state index contributed by atoms with van der Waals surface area (Å²) in [5.41, 5.74) is 0. The quantitative estimate of drug-likeness (QED) is 0.811. The van der Waals surface area contributed by atoms with E-state index in [1.807, 2.05) is 0 Å². The average molecular weight is 282 g/mol. The van der Waals surface area contributed by atoms with Crippen LogP contribution in [0.4, 0.5) is 0 Å². The van der Waals surface area contributed by atoms with Gasteiger partial charge in [-0.2, -0.15) is 0 Å². The molecule has 0 amide bonds. The van der Waals surface area contributed by atoms with E-state index in [9.17, 15) is 5.11 Å². The summed E-state index contributed by atoms with van der Waals surface area (Å²) in [6.07, 6.45) is 8.16. The molecule has 0 aromatic carbocycles. The van der Waals surface area contributed by atoms with Crippen molar-refractivity contribution in [2.45, 2.75) is 58.4 Å². The zero-order chi connectivity index (χ0) is 14.4. The molecule has 1 saturated carbocycles. The number of hydrogen-bond donors (Lipinski definition) is 1. The molecule has 1 heterocycles. The van der Waals surface area contributed by atoms with Crippen LogP contribution in [0.3, 0.4) is 0 Å². The summed E-state index contributed by atoms with van der Waals surface area (Å²) < 4.78 is 0. The summed E-state index contributed by atoms with van der Waals surface area (Å²) in [7, 11) is 0. The van der Waals surface area contributed by atoms with Gasteiger partial charge in [0.2, 0.25) is 0 Å². The molecule has 1 aliphatic carbocycles. The van der Waals surface area contributed by atoms with Crippen LogP contribution in [0.5, 0.6) is 0 Å². The number of piperazine rings is 1. The Morgan fingerprint density at radius 2 is 1.85 bits per heavy atom. The van der Waals surface area contributed by atoms with Crippen LogP contribution in [0.1, 0.15) is 52.4 Å². The van der Waals surface area contributed by atoms with Crippen LogP contribution in [0.2, 0.25) is 0 Å². The minimum Gasteiger partial charge on any atom is -0.396 e. The Labute approximate surface area is 125 Å². The fraction of sp³-hybridized carbons (Fsp3) is 1.00. The molecule has 2 fully saturated rings. The van der Waals surface area contributed by atoms with Crippen molar-refractivity contribution in [2.75, 3.05) is 39.3 Å². The zero-order valence-electron chi connectivity index (χ0n) is 13.6. The van der Waals surface area contributed by atoms with Crippen LogP contribution in [0, 0.1) is 11.8 Å². The number of nitrogens with zero attached hydrogens (tertiary/aromatic N) is 2. The first-order valence-electron chi connectivity index (χ1n) is 8.76. The van der Waals surface area contributed by atoms with Gasteiger partial charge in [-0.3, -0.25) is 4.90 Å². The molecular formula is C17H34N2O. The maximum Gasteiger partial charge on any atom is 0.0446 e. The van der Waals surface area contributed by atoms with E-state index < -0.39 is 0 Å². The molecule has 118 valence electrons. The standard InChI is InChI=1S/C17H34N2O/c1-15(2)12-19-10-9-18(14-17(19)8-11-20)13-16-6-4-3-5-7-16/h15-17,20H,3-14H2,1-2H3. The normalized spacial score (nSPS) is 27.3. The van der Waals surface area contributed by atoms with Gasteiger partial charge < -0.3 is 10.0 Å². The lowest BCUT2D eigenvalue weighted by Crippen LogP contribution is -2.55. The van der Waals surface area contributed by atoms with E-state index in [-0.39, 0.29) is 0 Å². The van der Waals surface area contributed by atoms with E-state index in [0.29, 0.717) is 12.6 Å². The Kier molecular flexibility index (Phi) is 6.79. The van der Waals surface area contributed by atoms with Crippen molar-refractivity contribution in [2.24, 2.45) is 11.8 Å². The second-order valence-corrected chi connectivity index (χ2v) is 7.32. The highest BCUT2D eigenvalue weighted by Crippen LogP contribution is 2.25. The predicted molar refractivity (Wildman–Crippen MR) is 84.9 cm³/mol. The minimum absolute atomic E-state index is 0.330. The van der Waals surface area contributed by atoms with Gasteiger partial charge in [0.25, 0.3) is 0 Å². The van der Waals surface area contributed by atoms with Crippen LogP contribution in [0.15, 0.2) is 0 Å². The summed E-state index contributed by atoms with van der Waals surface area (Å²) in [4.78, 5) is 5.28. The highest BCUT2D eigenvalue weighted by atomic mass is 16.3. The van der Waals surface area contributed by atoms with Crippen molar-refractivity contribution in [1.29, 1.82) is 0 Å². The van der Waals surface area contributed by atoms with Crippen molar-refractivity contribution in [3.05, 3.63) is 0 Å². The van der Waals surface area contributed by atoms with Crippen molar-refractivity contribution < 1.29 is 5.11 Å². The van der Waals surface area contributed by atoms with E-state index in [4.69, 9.17) is 0 Å². The molecule has 1 atom stereocenters. The van der Waals surface area contributed by atoms with Gasteiger partial charge in [0.05, 0.1) is 0 Å². The Morgan fingerprint density at radius 3 is 2.50 bits per heavy atom. The maximum absolute atomic E-state index is 9.33. The van der Waals surface area contributed by atoms with Gasteiger partial charge in [-0.05, 0) is 31.1 Å². The topological polar surface area (TPSA) is 26.7 Å². The van der Waals surface area contributed by atoms with Gasteiger partial charge in [0.1, 0.15) is 0 Å². The lowest BCUT2D eigenvalue weighted by atomic mass is 9.88. The molecule has 20 heavy (non-hydrogen) atoms. The first-order chi connectivity index (χ1) is 9.69. The first-order valence-corrected chi connectivity index (χ1v) is 8.76. The average Bonchev–Trinajstić information content (AvgIpc) is 2.43. The van der Waals surface area contributed by atoms with Crippen LogP contribution < -0.4 is 0 Å². The fourth-order valence-corrected chi connectivity index (χ4v) is 3.99. The summed E-state index contributed by atoms with van der Waals surface area (Å²) in [6.45, 7) is 11.0. The first kappa shape index (κ1) is 16.3. The van der Waals surface area contributed by atoms with E-state index in [1.165, 1.54) is 64.8 Å². The molecule has 1 N–H and O–H groups in total. The minimum atomic E-state index is 0.330. The predicted octanol–water partition coefficient (Wildman–Crippen LogP) is 2.59. The van der Waals surface area contributed by atoms with Crippen LogP contribution in [-0.2, 0) is 0 Å². The Balaban J connectivity index is 1.81. The van der Waals surface area contributed by atoms with Gasteiger partial charge in [-0.15, -0.1) is 0 Å². The maximum atomic E-state index is 9.33. The molecule has 0 radical (unpaired) electrons. The van der Waals surface area contributed by atoms with Crippen molar-refractivity contribution >= 4 is 0 Å². The van der Waals surface area contributed by atoms with Crippen LogP contribution in [-0.4, -0.2) is 60.3 Å². The lowest BCUT2D eigenvalue weighted by Gasteiger charge is -2.43. The number of aliphatic hydroxyl groups is 1. The van der Waals surface area contributed by atoms with E-state index in [0.717, 1.165) is 18.3 Å². The zero-order valence-corrected chi connectivity index (χ0v) is 13.6. The highest BCUT2D eigenvalue weighted by Gasteiger charge is 2.28. The molecule has 0 spiro atoms. The van der Waals surface area contributed by atoms with Crippen molar-refractivity contribution in [3.63, 3.8) is 0 Å². The van der Waals surface area contributed by atoms with Gasteiger partial charge in [-0.25, -0.2) is 0 Å². The third kappa shape index (κ3) is 5.01.